The minimum atomic E-state index is 0.417. The summed E-state index contributed by atoms with van der Waals surface area (Å²) in [5, 5.41) is 0. The molecule has 0 heterocycles. The van der Waals surface area contributed by atoms with Gasteiger partial charge in [0.1, 0.15) is 5.78 Å². The monoisotopic (exact) mass is 194 g/mol. The summed E-state index contributed by atoms with van der Waals surface area (Å²) in [7, 11) is 0. The fourth-order valence-electron chi connectivity index (χ4n) is 1.90. The normalized spacial score (nSPS) is 24.4. The maximum atomic E-state index is 11.3. The smallest absolute Gasteiger partial charge is 0.136 e. The summed E-state index contributed by atoms with van der Waals surface area (Å²) in [5.74, 6) is 0.417. The van der Waals surface area contributed by atoms with Crippen molar-refractivity contribution in [1.29, 1.82) is 0 Å². The number of carbonyl (C=O) groups excluding carboxylic acids is 1. The van der Waals surface area contributed by atoms with E-state index in [2.05, 4.69) is 12.2 Å². The van der Waals surface area contributed by atoms with Crippen LogP contribution >= 0.6 is 0 Å². The van der Waals surface area contributed by atoms with Gasteiger partial charge in [-0.25, -0.2) is 0 Å². The molecule has 0 fully saturated rings. The van der Waals surface area contributed by atoms with Crippen molar-refractivity contribution in [3.05, 3.63) is 12.2 Å². The van der Waals surface area contributed by atoms with E-state index in [0.717, 1.165) is 19.3 Å². The molecular formula is C13H22O. The number of hydrogen-bond acceptors (Lipinski definition) is 1. The number of ketones is 1. The van der Waals surface area contributed by atoms with Crippen LogP contribution in [-0.2, 0) is 4.79 Å². The topological polar surface area (TPSA) is 17.1 Å². The van der Waals surface area contributed by atoms with Crippen molar-refractivity contribution in [3.63, 3.8) is 0 Å². The van der Waals surface area contributed by atoms with Gasteiger partial charge < -0.3 is 0 Å². The van der Waals surface area contributed by atoms with Crippen LogP contribution < -0.4 is 0 Å². The molecule has 14 heavy (non-hydrogen) atoms. The Morgan fingerprint density at radius 2 is 1.43 bits per heavy atom. The van der Waals surface area contributed by atoms with E-state index < -0.39 is 0 Å². The molecule has 1 nitrogen and oxygen atoms in total. The van der Waals surface area contributed by atoms with Gasteiger partial charge in [0.05, 0.1) is 0 Å². The van der Waals surface area contributed by atoms with Gasteiger partial charge in [-0.15, -0.1) is 0 Å². The lowest BCUT2D eigenvalue weighted by Crippen LogP contribution is -1.95. The highest BCUT2D eigenvalue weighted by Gasteiger charge is 1.99. The van der Waals surface area contributed by atoms with Crippen LogP contribution in [0.25, 0.3) is 0 Å². The number of Topliss-reactive ketones (excluding diaryl/α,β-unsaturated/α-hetero) is 1. The maximum Gasteiger partial charge on any atom is 0.136 e. The SMILES string of the molecule is O=C1C/C=C/CCCCCCCCC1. The minimum Gasteiger partial charge on any atom is -0.299 e. The molecule has 0 spiro atoms. The number of allylic oxidation sites excluding steroid dienone is 2. The molecule has 0 unspecified atom stereocenters. The van der Waals surface area contributed by atoms with E-state index in [9.17, 15) is 4.79 Å². The number of rotatable bonds is 0. The van der Waals surface area contributed by atoms with Crippen molar-refractivity contribution in [2.24, 2.45) is 0 Å². The van der Waals surface area contributed by atoms with Crippen molar-refractivity contribution in [2.75, 3.05) is 0 Å². The van der Waals surface area contributed by atoms with Crippen molar-refractivity contribution in [2.45, 2.75) is 64.2 Å². The molecule has 80 valence electrons. The van der Waals surface area contributed by atoms with E-state index in [1.165, 1.54) is 38.5 Å². The van der Waals surface area contributed by atoms with Crippen LogP contribution in [0.15, 0.2) is 12.2 Å². The van der Waals surface area contributed by atoms with Gasteiger partial charge in [-0.2, -0.15) is 0 Å². The second-order valence-corrected chi connectivity index (χ2v) is 4.23. The summed E-state index contributed by atoms with van der Waals surface area (Å²) in [5.41, 5.74) is 0. The van der Waals surface area contributed by atoms with Crippen molar-refractivity contribution in [3.8, 4) is 0 Å². The molecule has 1 heteroatoms. The molecule has 0 amide bonds. The van der Waals surface area contributed by atoms with Gasteiger partial charge in [-0.1, -0.05) is 44.3 Å². The summed E-state index contributed by atoms with van der Waals surface area (Å²) in [6, 6.07) is 0. The number of carbonyl (C=O) groups is 1. The predicted octanol–water partition coefficient (Wildman–Crippen LogP) is 4.03. The van der Waals surface area contributed by atoms with Crippen LogP contribution in [0.2, 0.25) is 0 Å². The van der Waals surface area contributed by atoms with Gasteiger partial charge in [-0.3, -0.25) is 4.79 Å². The first kappa shape index (κ1) is 11.5. The Hall–Kier alpha value is -0.590. The molecule has 0 radical (unpaired) electrons. The van der Waals surface area contributed by atoms with Crippen LogP contribution in [0, 0.1) is 0 Å². The molecular weight excluding hydrogens is 172 g/mol. The lowest BCUT2D eigenvalue weighted by atomic mass is 10.1. The minimum absolute atomic E-state index is 0.417. The summed E-state index contributed by atoms with van der Waals surface area (Å²) in [6.45, 7) is 0. The molecule has 0 N–H and O–H groups in total. The second-order valence-electron chi connectivity index (χ2n) is 4.23. The molecule has 1 aliphatic rings. The molecule has 0 aromatic carbocycles. The summed E-state index contributed by atoms with van der Waals surface area (Å²) < 4.78 is 0. The first-order valence-electron chi connectivity index (χ1n) is 6.06. The van der Waals surface area contributed by atoms with Gasteiger partial charge in [0, 0.05) is 12.8 Å². The Morgan fingerprint density at radius 1 is 0.786 bits per heavy atom. The van der Waals surface area contributed by atoms with Gasteiger partial charge >= 0.3 is 0 Å². The van der Waals surface area contributed by atoms with E-state index in [-0.39, 0.29) is 0 Å². The zero-order valence-corrected chi connectivity index (χ0v) is 9.13. The molecule has 1 rings (SSSR count). The lowest BCUT2D eigenvalue weighted by molar-refractivity contribution is -0.118. The van der Waals surface area contributed by atoms with Crippen LogP contribution in [0.3, 0.4) is 0 Å². The Balaban J connectivity index is 2.24. The fraction of sp³-hybridized carbons (Fsp3) is 0.769. The number of hydrogen-bond donors (Lipinski definition) is 0. The fourth-order valence-corrected chi connectivity index (χ4v) is 1.90. The zero-order chi connectivity index (χ0) is 10.1. The molecule has 0 aromatic heterocycles. The third-order valence-corrected chi connectivity index (χ3v) is 2.84. The van der Waals surface area contributed by atoms with Gasteiger partial charge in [0.2, 0.25) is 0 Å². The molecule has 0 saturated heterocycles. The first-order valence-corrected chi connectivity index (χ1v) is 6.06. The standard InChI is InChI=1S/C13H22O/c14-13-11-9-7-5-3-1-2-4-6-8-10-12-13/h7,9H,1-6,8,10-12H2/b9-7+. The summed E-state index contributed by atoms with van der Waals surface area (Å²) in [4.78, 5) is 11.3. The van der Waals surface area contributed by atoms with E-state index in [1.54, 1.807) is 0 Å². The van der Waals surface area contributed by atoms with Gasteiger partial charge in [0.15, 0.2) is 0 Å². The molecule has 0 atom stereocenters. The third kappa shape index (κ3) is 5.95. The highest BCUT2D eigenvalue weighted by atomic mass is 16.1. The Bertz CT molecular complexity index is 182. The van der Waals surface area contributed by atoms with Crippen LogP contribution in [-0.4, -0.2) is 5.78 Å². The van der Waals surface area contributed by atoms with Gasteiger partial charge in [-0.05, 0) is 19.3 Å². The van der Waals surface area contributed by atoms with Crippen molar-refractivity contribution >= 4 is 5.78 Å². The first-order chi connectivity index (χ1) is 6.89. The zero-order valence-electron chi connectivity index (χ0n) is 9.13. The Morgan fingerprint density at radius 3 is 2.21 bits per heavy atom. The molecule has 1 aliphatic carbocycles. The Kier molecular flexibility index (Phi) is 6.38. The molecule has 0 bridgehead atoms. The second kappa shape index (κ2) is 7.78. The van der Waals surface area contributed by atoms with E-state index in [0.29, 0.717) is 12.2 Å². The maximum absolute atomic E-state index is 11.3. The summed E-state index contributed by atoms with van der Waals surface area (Å²) >= 11 is 0. The average molecular weight is 194 g/mol. The average Bonchev–Trinajstić information content (AvgIpc) is 2.20. The van der Waals surface area contributed by atoms with Crippen LogP contribution in [0.1, 0.15) is 64.2 Å². The van der Waals surface area contributed by atoms with Crippen molar-refractivity contribution in [1.82, 2.24) is 0 Å². The van der Waals surface area contributed by atoms with Crippen LogP contribution in [0.5, 0.6) is 0 Å². The molecule has 0 aliphatic heterocycles. The van der Waals surface area contributed by atoms with Crippen molar-refractivity contribution < 1.29 is 4.79 Å². The largest absolute Gasteiger partial charge is 0.299 e. The van der Waals surface area contributed by atoms with Crippen LogP contribution in [0.4, 0.5) is 0 Å². The summed E-state index contributed by atoms with van der Waals surface area (Å²) in [6.07, 6.45) is 15.9. The van der Waals surface area contributed by atoms with E-state index in [4.69, 9.17) is 0 Å². The van der Waals surface area contributed by atoms with E-state index in [1.807, 2.05) is 0 Å². The van der Waals surface area contributed by atoms with Gasteiger partial charge in [0.25, 0.3) is 0 Å². The quantitative estimate of drug-likeness (QED) is 0.532. The Labute approximate surface area is 87.6 Å². The highest BCUT2D eigenvalue weighted by molar-refractivity contribution is 5.79. The third-order valence-electron chi connectivity index (χ3n) is 2.84. The lowest BCUT2D eigenvalue weighted by Gasteiger charge is -1.99. The highest BCUT2D eigenvalue weighted by Crippen LogP contribution is 2.11. The predicted molar refractivity (Wildman–Crippen MR) is 60.3 cm³/mol. The molecule has 0 aromatic rings. The van der Waals surface area contributed by atoms with E-state index >= 15 is 0 Å². The molecule has 0 saturated carbocycles.